The molecule has 0 saturated carbocycles. The second-order valence-electron chi connectivity index (χ2n) is 9.41. The SMILES string of the molecule is COc1ccc(Cc2oc3cc4c(cc3c2N(Cc2ccccc2)S(=O)(=O)c2ccc(C)cc2)OCO4)cc1. The van der Waals surface area contributed by atoms with Crippen molar-refractivity contribution in [3.63, 3.8) is 0 Å². The maximum atomic E-state index is 14.3. The smallest absolute Gasteiger partial charge is 0.264 e. The molecule has 198 valence electrons. The Morgan fingerprint density at radius 3 is 2.23 bits per heavy atom. The Labute approximate surface area is 227 Å². The number of aryl methyl sites for hydroxylation is 1. The molecule has 6 rings (SSSR count). The van der Waals surface area contributed by atoms with E-state index in [9.17, 15) is 8.42 Å². The van der Waals surface area contributed by atoms with Crippen molar-refractivity contribution in [1.29, 1.82) is 0 Å². The molecule has 0 saturated heterocycles. The molecule has 0 fully saturated rings. The minimum absolute atomic E-state index is 0.103. The molecule has 0 atom stereocenters. The lowest BCUT2D eigenvalue weighted by atomic mass is 10.1. The van der Waals surface area contributed by atoms with Crippen molar-refractivity contribution in [3.8, 4) is 17.2 Å². The van der Waals surface area contributed by atoms with Crippen molar-refractivity contribution < 1.29 is 27.0 Å². The summed E-state index contributed by atoms with van der Waals surface area (Å²) in [6, 6.07) is 27.6. The van der Waals surface area contributed by atoms with Crippen LogP contribution in [0.1, 0.15) is 22.5 Å². The van der Waals surface area contributed by atoms with E-state index in [4.69, 9.17) is 18.6 Å². The first kappa shape index (κ1) is 24.9. The summed E-state index contributed by atoms with van der Waals surface area (Å²) in [6.07, 6.45) is 0.370. The molecular weight excluding hydrogens is 514 g/mol. The quantitative estimate of drug-likeness (QED) is 0.224. The number of sulfonamides is 1. The van der Waals surface area contributed by atoms with Gasteiger partial charge in [-0.3, -0.25) is 4.31 Å². The van der Waals surface area contributed by atoms with Crippen LogP contribution in [-0.2, 0) is 23.0 Å². The fraction of sp³-hybridized carbons (Fsp3) is 0.161. The van der Waals surface area contributed by atoms with Crippen LogP contribution in [0.25, 0.3) is 11.0 Å². The van der Waals surface area contributed by atoms with Crippen LogP contribution >= 0.6 is 0 Å². The Morgan fingerprint density at radius 1 is 0.846 bits per heavy atom. The van der Waals surface area contributed by atoms with Crippen molar-refractivity contribution in [2.75, 3.05) is 18.2 Å². The number of benzene rings is 4. The Kier molecular flexibility index (Phi) is 6.40. The van der Waals surface area contributed by atoms with Crippen LogP contribution < -0.4 is 18.5 Å². The average molecular weight is 542 g/mol. The van der Waals surface area contributed by atoms with Gasteiger partial charge in [0.25, 0.3) is 10.0 Å². The van der Waals surface area contributed by atoms with E-state index in [2.05, 4.69) is 0 Å². The van der Waals surface area contributed by atoms with Crippen LogP contribution in [0.3, 0.4) is 0 Å². The van der Waals surface area contributed by atoms with Crippen molar-refractivity contribution in [2.45, 2.75) is 24.8 Å². The zero-order valence-corrected chi connectivity index (χ0v) is 22.4. The molecule has 39 heavy (non-hydrogen) atoms. The number of fused-ring (bicyclic) bond motifs is 2. The third-order valence-corrected chi connectivity index (χ3v) is 8.54. The third kappa shape index (κ3) is 4.79. The van der Waals surface area contributed by atoms with Gasteiger partial charge >= 0.3 is 0 Å². The molecule has 7 nitrogen and oxygen atoms in total. The molecule has 1 aliphatic heterocycles. The second kappa shape index (κ2) is 10.0. The van der Waals surface area contributed by atoms with E-state index >= 15 is 0 Å². The van der Waals surface area contributed by atoms with Gasteiger partial charge in [0.1, 0.15) is 22.8 Å². The molecule has 8 heteroatoms. The monoisotopic (exact) mass is 541 g/mol. The largest absolute Gasteiger partial charge is 0.497 e. The summed E-state index contributed by atoms with van der Waals surface area (Å²) in [6.45, 7) is 2.15. The molecule has 1 aromatic heterocycles. The molecule has 4 aromatic carbocycles. The van der Waals surface area contributed by atoms with Gasteiger partial charge < -0.3 is 18.6 Å². The first-order valence-corrected chi connectivity index (χ1v) is 14.0. The van der Waals surface area contributed by atoms with E-state index in [0.29, 0.717) is 40.3 Å². The highest BCUT2D eigenvalue weighted by Gasteiger charge is 2.32. The molecule has 2 heterocycles. The molecule has 0 radical (unpaired) electrons. The summed E-state index contributed by atoms with van der Waals surface area (Å²) in [4.78, 5) is 0.203. The lowest BCUT2D eigenvalue weighted by Gasteiger charge is -2.25. The highest BCUT2D eigenvalue weighted by atomic mass is 32.2. The number of anilines is 1. The number of hydrogen-bond donors (Lipinski definition) is 0. The van der Waals surface area contributed by atoms with Crippen LogP contribution in [0.4, 0.5) is 5.69 Å². The molecule has 0 spiro atoms. The first-order chi connectivity index (χ1) is 18.9. The minimum Gasteiger partial charge on any atom is -0.497 e. The van der Waals surface area contributed by atoms with Gasteiger partial charge in [-0.1, -0.05) is 60.2 Å². The summed E-state index contributed by atoms with van der Waals surface area (Å²) in [5, 5.41) is 0.634. The number of rotatable bonds is 8. The van der Waals surface area contributed by atoms with E-state index in [-0.39, 0.29) is 18.2 Å². The van der Waals surface area contributed by atoms with Gasteiger partial charge in [0, 0.05) is 17.9 Å². The van der Waals surface area contributed by atoms with E-state index in [1.807, 2.05) is 61.5 Å². The van der Waals surface area contributed by atoms with Crippen molar-refractivity contribution in [3.05, 3.63) is 113 Å². The van der Waals surface area contributed by atoms with Crippen LogP contribution in [0.15, 0.2) is 100 Å². The number of furan rings is 1. The predicted octanol–water partition coefficient (Wildman–Crippen LogP) is 6.46. The van der Waals surface area contributed by atoms with E-state index < -0.39 is 10.0 Å². The van der Waals surface area contributed by atoms with Crippen LogP contribution in [0.5, 0.6) is 17.2 Å². The fourth-order valence-corrected chi connectivity index (χ4v) is 6.21. The van der Waals surface area contributed by atoms with E-state index in [0.717, 1.165) is 22.4 Å². The van der Waals surface area contributed by atoms with Gasteiger partial charge in [0.05, 0.1) is 18.6 Å². The Balaban J connectivity index is 1.56. The molecule has 5 aromatic rings. The van der Waals surface area contributed by atoms with Crippen LogP contribution in [0.2, 0.25) is 0 Å². The lowest BCUT2D eigenvalue weighted by molar-refractivity contribution is 0.174. The molecule has 0 unspecified atom stereocenters. The minimum atomic E-state index is -3.99. The van der Waals surface area contributed by atoms with Crippen LogP contribution in [0, 0.1) is 6.92 Å². The molecule has 1 aliphatic rings. The van der Waals surface area contributed by atoms with Gasteiger partial charge in [-0.05, 0) is 48.4 Å². The lowest BCUT2D eigenvalue weighted by Crippen LogP contribution is -2.31. The molecule has 0 N–H and O–H groups in total. The topological polar surface area (TPSA) is 78.2 Å². The van der Waals surface area contributed by atoms with Crippen molar-refractivity contribution >= 4 is 26.7 Å². The van der Waals surface area contributed by atoms with E-state index in [1.54, 1.807) is 43.5 Å². The standard InChI is InChI=1S/C31H27NO6S/c1-21-8-14-25(15-9-21)39(33,34)32(19-23-6-4-3-5-7-23)31-26-17-28-29(37-20-36-28)18-27(26)38-30(31)16-22-10-12-24(35-2)13-11-22/h3-15,17-18H,16,19-20H2,1-2H3. The van der Waals surface area contributed by atoms with E-state index in [1.165, 1.54) is 4.31 Å². The first-order valence-electron chi connectivity index (χ1n) is 12.5. The maximum Gasteiger partial charge on any atom is 0.264 e. The zero-order valence-electron chi connectivity index (χ0n) is 21.6. The summed E-state index contributed by atoms with van der Waals surface area (Å²) >= 11 is 0. The summed E-state index contributed by atoms with van der Waals surface area (Å²) in [7, 11) is -2.37. The normalized spacial score (nSPS) is 12.6. The van der Waals surface area contributed by atoms with Crippen LogP contribution in [-0.4, -0.2) is 22.3 Å². The summed E-state index contributed by atoms with van der Waals surface area (Å²) in [5.74, 6) is 2.37. The second-order valence-corrected chi connectivity index (χ2v) is 11.3. The Bertz CT molecular complexity index is 1730. The number of hydrogen-bond acceptors (Lipinski definition) is 6. The average Bonchev–Trinajstić information content (AvgIpc) is 3.55. The summed E-state index contributed by atoms with van der Waals surface area (Å²) < 4.78 is 53.0. The number of nitrogens with zero attached hydrogens (tertiary/aromatic N) is 1. The molecule has 0 amide bonds. The molecule has 0 aliphatic carbocycles. The fourth-order valence-electron chi connectivity index (χ4n) is 4.72. The maximum absolute atomic E-state index is 14.3. The Hall–Kier alpha value is -4.43. The highest BCUT2D eigenvalue weighted by Crippen LogP contribution is 2.45. The highest BCUT2D eigenvalue weighted by molar-refractivity contribution is 7.92. The van der Waals surface area contributed by atoms with Gasteiger partial charge in [0.2, 0.25) is 6.79 Å². The predicted molar refractivity (Wildman–Crippen MR) is 149 cm³/mol. The number of methoxy groups -OCH3 is 1. The Morgan fingerprint density at radius 2 is 1.54 bits per heavy atom. The zero-order chi connectivity index (χ0) is 27.0. The van der Waals surface area contributed by atoms with Crippen molar-refractivity contribution in [1.82, 2.24) is 0 Å². The molecule has 0 bridgehead atoms. The van der Waals surface area contributed by atoms with Gasteiger partial charge in [-0.15, -0.1) is 0 Å². The van der Waals surface area contributed by atoms with Gasteiger partial charge in [0.15, 0.2) is 11.5 Å². The third-order valence-electron chi connectivity index (χ3n) is 6.78. The summed E-state index contributed by atoms with van der Waals surface area (Å²) in [5.41, 5.74) is 3.77. The molecular formula is C31H27NO6S. The van der Waals surface area contributed by atoms with Gasteiger partial charge in [-0.2, -0.15) is 0 Å². The number of ether oxygens (including phenoxy) is 3. The van der Waals surface area contributed by atoms with Gasteiger partial charge in [-0.25, -0.2) is 8.42 Å². The van der Waals surface area contributed by atoms with Crippen molar-refractivity contribution in [2.24, 2.45) is 0 Å².